The molecule has 2 N–H and O–H groups in total. The van der Waals surface area contributed by atoms with Gasteiger partial charge in [0.15, 0.2) is 0 Å². The van der Waals surface area contributed by atoms with Crippen molar-refractivity contribution < 1.29 is 19.0 Å². The average molecular weight is 357 g/mol. The van der Waals surface area contributed by atoms with Gasteiger partial charge in [0.25, 0.3) is 0 Å². The van der Waals surface area contributed by atoms with Gasteiger partial charge in [-0.05, 0) is 25.0 Å². The van der Waals surface area contributed by atoms with E-state index in [0.717, 1.165) is 16.8 Å². The predicted octanol–water partition coefficient (Wildman–Crippen LogP) is 3.48. The van der Waals surface area contributed by atoms with E-state index in [1.54, 1.807) is 19.2 Å². The summed E-state index contributed by atoms with van der Waals surface area (Å²) in [5, 5.41) is 6.78. The van der Waals surface area contributed by atoms with Gasteiger partial charge in [0, 0.05) is 17.8 Å². The number of urea groups is 1. The molecule has 0 unspecified atom stereocenters. The van der Waals surface area contributed by atoms with Crippen LogP contribution in [0.4, 0.5) is 10.5 Å². The van der Waals surface area contributed by atoms with E-state index in [4.69, 9.17) is 14.2 Å². The summed E-state index contributed by atoms with van der Waals surface area (Å²) in [6.45, 7) is 3.86. The van der Waals surface area contributed by atoms with Crippen LogP contribution in [0.25, 0.3) is 0 Å². The highest BCUT2D eigenvalue weighted by molar-refractivity contribution is 5.93. The van der Waals surface area contributed by atoms with Crippen LogP contribution in [0.1, 0.15) is 16.7 Å². The largest absolute Gasteiger partial charge is 0.496 e. The zero-order valence-electron chi connectivity index (χ0n) is 15.5. The number of anilines is 1. The Hall–Kier alpha value is -3.22. The van der Waals surface area contributed by atoms with Gasteiger partial charge in [-0.3, -0.25) is 0 Å². The Bertz CT molecular complexity index is 773. The van der Waals surface area contributed by atoms with E-state index in [9.17, 15) is 4.79 Å². The number of para-hydroxylation sites is 1. The summed E-state index contributed by atoms with van der Waals surface area (Å²) in [7, 11) is 4.63. The minimum Gasteiger partial charge on any atom is -0.496 e. The van der Waals surface area contributed by atoms with Gasteiger partial charge >= 0.3 is 6.03 Å². The molecule has 0 radical (unpaired) electrons. The quantitative estimate of drug-likeness (QED) is 0.612. The normalized spacial score (nSPS) is 10.5. The summed E-state index contributed by atoms with van der Waals surface area (Å²) in [6.07, 6.45) is 1.46. The lowest BCUT2D eigenvalue weighted by molar-refractivity contribution is 0.252. The maximum absolute atomic E-state index is 12.1. The molecule has 0 saturated heterocycles. The molecule has 26 heavy (non-hydrogen) atoms. The monoisotopic (exact) mass is 357 g/mol. The molecule has 0 fully saturated rings. The Labute approximate surface area is 153 Å². The van der Waals surface area contributed by atoms with Gasteiger partial charge in [-0.25, -0.2) is 10.2 Å². The average Bonchev–Trinajstić information content (AvgIpc) is 2.64. The zero-order valence-corrected chi connectivity index (χ0v) is 15.5. The third kappa shape index (κ3) is 4.44. The maximum Gasteiger partial charge on any atom is 0.339 e. The van der Waals surface area contributed by atoms with Crippen LogP contribution in [0.15, 0.2) is 35.4 Å². The molecule has 0 heterocycles. The van der Waals surface area contributed by atoms with Crippen molar-refractivity contribution in [1.82, 2.24) is 5.43 Å². The first-order valence-corrected chi connectivity index (χ1v) is 7.96. The van der Waals surface area contributed by atoms with Crippen LogP contribution >= 0.6 is 0 Å². The standard InChI is InChI=1S/C19H23N3O4/c1-12-7-6-8-13(2)18(12)21-19(23)22-20-11-15-16(25-4)9-14(24-3)10-17(15)26-5/h6-11H,1-5H3,(H2,21,22,23)/b20-11+. The SMILES string of the molecule is COc1cc(OC)c(/C=N/NC(=O)Nc2c(C)cccc2C)c(OC)c1. The van der Waals surface area contributed by atoms with Crippen molar-refractivity contribution in [2.24, 2.45) is 5.10 Å². The second kappa shape index (κ2) is 8.75. The van der Waals surface area contributed by atoms with Crippen LogP contribution in [-0.2, 0) is 0 Å². The van der Waals surface area contributed by atoms with E-state index in [-0.39, 0.29) is 0 Å². The fourth-order valence-corrected chi connectivity index (χ4v) is 2.47. The van der Waals surface area contributed by atoms with Gasteiger partial charge in [0.2, 0.25) is 0 Å². The Kier molecular flexibility index (Phi) is 6.43. The first-order valence-electron chi connectivity index (χ1n) is 7.96. The van der Waals surface area contributed by atoms with Crippen LogP contribution in [0.3, 0.4) is 0 Å². The summed E-state index contributed by atoms with van der Waals surface area (Å²) in [6, 6.07) is 8.78. The minimum atomic E-state index is -0.440. The van der Waals surface area contributed by atoms with E-state index < -0.39 is 6.03 Å². The van der Waals surface area contributed by atoms with Crippen LogP contribution in [0, 0.1) is 13.8 Å². The topological polar surface area (TPSA) is 81.2 Å². The molecular formula is C19H23N3O4. The van der Waals surface area contributed by atoms with Crippen LogP contribution in [0.2, 0.25) is 0 Å². The fourth-order valence-electron chi connectivity index (χ4n) is 2.47. The number of hydrazone groups is 1. The molecular weight excluding hydrogens is 334 g/mol. The molecule has 0 bridgehead atoms. The van der Waals surface area contributed by atoms with Crippen LogP contribution < -0.4 is 25.0 Å². The van der Waals surface area contributed by atoms with Crippen molar-refractivity contribution in [2.75, 3.05) is 26.6 Å². The molecule has 2 aromatic carbocycles. The molecule has 0 aliphatic carbocycles. The Morgan fingerprint density at radius 1 is 1.00 bits per heavy atom. The Morgan fingerprint density at radius 3 is 2.08 bits per heavy atom. The lowest BCUT2D eigenvalue weighted by Gasteiger charge is -2.12. The lowest BCUT2D eigenvalue weighted by atomic mass is 10.1. The number of hydrogen-bond donors (Lipinski definition) is 2. The molecule has 2 aromatic rings. The second-order valence-electron chi connectivity index (χ2n) is 5.54. The first kappa shape index (κ1) is 19.1. The molecule has 7 nitrogen and oxygen atoms in total. The Morgan fingerprint density at radius 2 is 1.58 bits per heavy atom. The summed E-state index contributed by atoms with van der Waals surface area (Å²) >= 11 is 0. The zero-order chi connectivity index (χ0) is 19.1. The Balaban J connectivity index is 2.14. The van der Waals surface area contributed by atoms with Crippen molar-refractivity contribution in [3.8, 4) is 17.2 Å². The molecule has 0 aliphatic heterocycles. The highest BCUT2D eigenvalue weighted by Crippen LogP contribution is 2.32. The molecule has 138 valence electrons. The minimum absolute atomic E-state index is 0.440. The summed E-state index contributed by atoms with van der Waals surface area (Å²) in [5.41, 5.74) is 5.74. The summed E-state index contributed by atoms with van der Waals surface area (Å²) < 4.78 is 15.9. The van der Waals surface area contributed by atoms with Crippen molar-refractivity contribution in [2.45, 2.75) is 13.8 Å². The smallest absolute Gasteiger partial charge is 0.339 e. The third-order valence-electron chi connectivity index (χ3n) is 3.83. The number of carbonyl (C=O) groups excluding carboxylic acids is 1. The van der Waals surface area contributed by atoms with Gasteiger partial charge in [-0.1, -0.05) is 18.2 Å². The maximum atomic E-state index is 12.1. The van der Waals surface area contributed by atoms with Crippen molar-refractivity contribution in [3.05, 3.63) is 47.0 Å². The van der Waals surface area contributed by atoms with Crippen molar-refractivity contribution in [3.63, 3.8) is 0 Å². The van der Waals surface area contributed by atoms with E-state index in [2.05, 4.69) is 15.8 Å². The van der Waals surface area contributed by atoms with Crippen LogP contribution in [-0.4, -0.2) is 33.6 Å². The van der Waals surface area contributed by atoms with Gasteiger partial charge in [-0.2, -0.15) is 5.10 Å². The summed E-state index contributed by atoms with van der Waals surface area (Å²) in [4.78, 5) is 12.1. The van der Waals surface area contributed by atoms with Crippen LogP contribution in [0.5, 0.6) is 17.2 Å². The molecule has 7 heteroatoms. The summed E-state index contributed by atoms with van der Waals surface area (Å²) in [5.74, 6) is 1.63. The number of methoxy groups -OCH3 is 3. The molecule has 0 aromatic heterocycles. The van der Waals surface area contributed by atoms with E-state index in [1.807, 2.05) is 32.0 Å². The molecule has 2 rings (SSSR count). The predicted molar refractivity (Wildman–Crippen MR) is 102 cm³/mol. The molecule has 0 aliphatic rings. The van der Waals surface area contributed by atoms with Crippen molar-refractivity contribution >= 4 is 17.9 Å². The fraction of sp³-hybridized carbons (Fsp3) is 0.263. The number of amides is 2. The molecule has 2 amide bonds. The second-order valence-corrected chi connectivity index (χ2v) is 5.54. The van der Waals surface area contributed by atoms with E-state index in [1.165, 1.54) is 20.4 Å². The van der Waals surface area contributed by atoms with E-state index >= 15 is 0 Å². The first-order chi connectivity index (χ1) is 12.5. The number of nitrogens with one attached hydrogen (secondary N) is 2. The molecule has 0 spiro atoms. The third-order valence-corrected chi connectivity index (χ3v) is 3.83. The number of benzene rings is 2. The number of nitrogens with zero attached hydrogens (tertiary/aromatic N) is 1. The lowest BCUT2D eigenvalue weighted by Crippen LogP contribution is -2.25. The van der Waals surface area contributed by atoms with Gasteiger partial charge in [0.05, 0.1) is 33.1 Å². The molecule has 0 saturated carbocycles. The molecule has 0 atom stereocenters. The van der Waals surface area contributed by atoms with Crippen molar-refractivity contribution in [1.29, 1.82) is 0 Å². The van der Waals surface area contributed by atoms with Gasteiger partial charge in [0.1, 0.15) is 17.2 Å². The van der Waals surface area contributed by atoms with Gasteiger partial charge < -0.3 is 19.5 Å². The number of hydrogen-bond acceptors (Lipinski definition) is 5. The van der Waals surface area contributed by atoms with Gasteiger partial charge in [-0.15, -0.1) is 0 Å². The highest BCUT2D eigenvalue weighted by Gasteiger charge is 2.12. The number of aryl methyl sites for hydroxylation is 2. The van der Waals surface area contributed by atoms with E-state index in [0.29, 0.717) is 22.8 Å². The number of carbonyl (C=O) groups is 1. The number of ether oxygens (including phenoxy) is 3. The highest BCUT2D eigenvalue weighted by atomic mass is 16.5. The number of rotatable bonds is 6.